The van der Waals surface area contributed by atoms with Crippen molar-refractivity contribution < 1.29 is 19.4 Å². The molecule has 1 spiro atoms. The Balaban J connectivity index is 1.58. The first-order valence-corrected chi connectivity index (χ1v) is 12.6. The number of epoxide rings is 1. The van der Waals surface area contributed by atoms with Gasteiger partial charge in [-0.05, 0) is 73.3 Å². The fraction of sp³-hybridized carbons (Fsp3) is 0.852. The van der Waals surface area contributed by atoms with Crippen molar-refractivity contribution in [2.75, 3.05) is 0 Å². The number of ether oxygens (including phenoxy) is 1. The molecule has 4 rings (SSSR count). The monoisotopic (exact) mass is 430 g/mol. The molecule has 3 aliphatic carbocycles. The van der Waals surface area contributed by atoms with Crippen LogP contribution in [0.2, 0.25) is 0 Å². The second kappa shape index (κ2) is 8.09. The number of aldehydes is 1. The van der Waals surface area contributed by atoms with E-state index >= 15 is 0 Å². The summed E-state index contributed by atoms with van der Waals surface area (Å²) in [5.74, 6) is 2.11. The number of rotatable bonds is 8. The predicted molar refractivity (Wildman–Crippen MR) is 122 cm³/mol. The van der Waals surface area contributed by atoms with Crippen LogP contribution in [0.25, 0.3) is 0 Å². The van der Waals surface area contributed by atoms with Gasteiger partial charge in [-0.25, -0.2) is 0 Å². The van der Waals surface area contributed by atoms with Gasteiger partial charge in [-0.3, -0.25) is 4.79 Å². The van der Waals surface area contributed by atoms with Crippen LogP contribution in [-0.4, -0.2) is 35.0 Å². The van der Waals surface area contributed by atoms with Gasteiger partial charge in [0.15, 0.2) is 5.78 Å². The van der Waals surface area contributed by atoms with Gasteiger partial charge in [-0.15, -0.1) is 0 Å². The lowest BCUT2D eigenvalue weighted by molar-refractivity contribution is -0.134. The second-order valence-corrected chi connectivity index (χ2v) is 12.0. The minimum atomic E-state index is -0.538. The Labute approximate surface area is 188 Å². The Morgan fingerprint density at radius 2 is 1.94 bits per heavy atom. The Morgan fingerprint density at radius 3 is 2.61 bits per heavy atom. The van der Waals surface area contributed by atoms with Crippen LogP contribution in [-0.2, 0) is 14.3 Å². The zero-order valence-corrected chi connectivity index (χ0v) is 20.2. The Bertz CT molecular complexity index is 756. The molecule has 0 aromatic carbocycles. The van der Waals surface area contributed by atoms with Crippen molar-refractivity contribution in [2.45, 2.75) is 110 Å². The molecule has 1 N–H and O–H groups in total. The molecule has 4 nitrogen and oxygen atoms in total. The molecule has 8 unspecified atom stereocenters. The van der Waals surface area contributed by atoms with Crippen LogP contribution in [0, 0.1) is 34.5 Å². The van der Waals surface area contributed by atoms with E-state index in [2.05, 4.69) is 40.7 Å². The summed E-state index contributed by atoms with van der Waals surface area (Å²) in [6, 6.07) is 0. The highest BCUT2D eigenvalue weighted by Gasteiger charge is 2.73. The van der Waals surface area contributed by atoms with E-state index in [1.807, 2.05) is 0 Å². The summed E-state index contributed by atoms with van der Waals surface area (Å²) in [5.41, 5.74) is -0.267. The first kappa shape index (κ1) is 23.2. The average Bonchev–Trinajstić information content (AvgIpc) is 3.29. The van der Waals surface area contributed by atoms with E-state index in [-0.39, 0.29) is 29.3 Å². The lowest BCUT2D eigenvalue weighted by Crippen LogP contribution is -2.53. The lowest BCUT2D eigenvalue weighted by Gasteiger charge is -2.46. The van der Waals surface area contributed by atoms with E-state index in [9.17, 15) is 14.7 Å². The molecule has 1 aliphatic heterocycles. The highest BCUT2D eigenvalue weighted by atomic mass is 16.6. The summed E-state index contributed by atoms with van der Waals surface area (Å²) in [4.78, 5) is 25.7. The largest absolute Gasteiger partial charge is 0.393 e. The first-order chi connectivity index (χ1) is 14.6. The summed E-state index contributed by atoms with van der Waals surface area (Å²) in [6.45, 7) is 11.2. The molecular formula is C27H42O4. The van der Waals surface area contributed by atoms with E-state index in [4.69, 9.17) is 4.74 Å². The molecule has 0 bridgehead atoms. The zero-order valence-electron chi connectivity index (χ0n) is 20.2. The normalized spacial score (nSPS) is 45.1. The standard InChI is InChI=1S/C27H42O4/c1-17(2)7-6-8-18(3)21-9-10-22(25(21,4)13-14-28)20-15-23-27(31-23)16-19(29)11-12-26(27,5)24(20)30/h14-15,17-19,21-23,29H,6-13,16H2,1-5H3. The molecule has 0 aromatic rings. The van der Waals surface area contributed by atoms with Gasteiger partial charge in [0, 0.05) is 12.8 Å². The number of carbonyl (C=O) groups is 2. The van der Waals surface area contributed by atoms with Gasteiger partial charge in [0.1, 0.15) is 18.0 Å². The molecule has 174 valence electrons. The highest BCUT2D eigenvalue weighted by molar-refractivity contribution is 6.03. The number of aliphatic hydroxyl groups excluding tert-OH is 1. The number of ketones is 1. The fourth-order valence-electron chi connectivity index (χ4n) is 7.68. The summed E-state index contributed by atoms with van der Waals surface area (Å²) in [6.07, 6.45) is 10.9. The fourth-order valence-corrected chi connectivity index (χ4v) is 7.68. The number of Topliss-reactive ketones (excluding diaryl/α,β-unsaturated/α-hetero) is 1. The van der Waals surface area contributed by atoms with Crippen molar-refractivity contribution in [2.24, 2.45) is 34.5 Å². The lowest BCUT2D eigenvalue weighted by atomic mass is 9.55. The molecule has 3 fully saturated rings. The Morgan fingerprint density at radius 1 is 1.19 bits per heavy atom. The molecule has 1 heterocycles. The first-order valence-electron chi connectivity index (χ1n) is 12.6. The summed E-state index contributed by atoms with van der Waals surface area (Å²) >= 11 is 0. The van der Waals surface area contributed by atoms with E-state index in [0.29, 0.717) is 37.5 Å². The van der Waals surface area contributed by atoms with Crippen molar-refractivity contribution in [3.63, 3.8) is 0 Å². The van der Waals surface area contributed by atoms with E-state index in [0.717, 1.165) is 30.6 Å². The van der Waals surface area contributed by atoms with Crippen molar-refractivity contribution in [1.29, 1.82) is 0 Å². The molecule has 31 heavy (non-hydrogen) atoms. The third-order valence-electron chi connectivity index (χ3n) is 9.72. The van der Waals surface area contributed by atoms with Crippen LogP contribution < -0.4 is 0 Å². The van der Waals surface area contributed by atoms with E-state index in [1.165, 1.54) is 19.3 Å². The number of allylic oxidation sites excluding steroid dienone is 1. The number of hydrogen-bond acceptors (Lipinski definition) is 4. The van der Waals surface area contributed by atoms with Crippen LogP contribution >= 0.6 is 0 Å². The Kier molecular flexibility index (Phi) is 6.05. The molecule has 0 aromatic heterocycles. The average molecular weight is 431 g/mol. The maximum Gasteiger partial charge on any atom is 0.167 e. The van der Waals surface area contributed by atoms with Crippen LogP contribution in [0.15, 0.2) is 11.6 Å². The van der Waals surface area contributed by atoms with Crippen LogP contribution in [0.5, 0.6) is 0 Å². The molecule has 4 heteroatoms. The van der Waals surface area contributed by atoms with Gasteiger partial charge in [-0.2, -0.15) is 0 Å². The van der Waals surface area contributed by atoms with Gasteiger partial charge < -0.3 is 14.6 Å². The second-order valence-electron chi connectivity index (χ2n) is 12.0. The molecule has 0 radical (unpaired) electrons. The molecule has 8 atom stereocenters. The van der Waals surface area contributed by atoms with Crippen molar-refractivity contribution in [3.8, 4) is 0 Å². The summed E-state index contributed by atoms with van der Waals surface area (Å²) in [7, 11) is 0. The minimum absolute atomic E-state index is 0.0526. The smallest absolute Gasteiger partial charge is 0.167 e. The number of hydrogen-bond donors (Lipinski definition) is 1. The third kappa shape index (κ3) is 3.57. The molecule has 0 amide bonds. The predicted octanol–water partition coefficient (Wildman–Crippen LogP) is 5.27. The summed E-state index contributed by atoms with van der Waals surface area (Å²) < 4.78 is 6.15. The van der Waals surface area contributed by atoms with Gasteiger partial charge in [0.2, 0.25) is 0 Å². The maximum absolute atomic E-state index is 13.9. The van der Waals surface area contributed by atoms with E-state index in [1.54, 1.807) is 0 Å². The number of carbonyl (C=O) groups excluding carboxylic acids is 2. The third-order valence-corrected chi connectivity index (χ3v) is 9.72. The minimum Gasteiger partial charge on any atom is -0.393 e. The van der Waals surface area contributed by atoms with Crippen LogP contribution in [0.1, 0.15) is 92.4 Å². The highest BCUT2D eigenvalue weighted by Crippen LogP contribution is 2.65. The van der Waals surface area contributed by atoms with Crippen LogP contribution in [0.4, 0.5) is 0 Å². The van der Waals surface area contributed by atoms with Crippen molar-refractivity contribution >= 4 is 12.1 Å². The number of aliphatic hydroxyl groups is 1. The van der Waals surface area contributed by atoms with Gasteiger partial charge in [0.25, 0.3) is 0 Å². The van der Waals surface area contributed by atoms with Gasteiger partial charge in [-0.1, -0.05) is 47.0 Å². The van der Waals surface area contributed by atoms with Gasteiger partial charge in [0.05, 0.1) is 11.5 Å². The zero-order chi connectivity index (χ0) is 22.6. The van der Waals surface area contributed by atoms with Crippen molar-refractivity contribution in [3.05, 3.63) is 11.6 Å². The van der Waals surface area contributed by atoms with Gasteiger partial charge >= 0.3 is 0 Å². The van der Waals surface area contributed by atoms with Crippen LogP contribution in [0.3, 0.4) is 0 Å². The molecular weight excluding hydrogens is 388 g/mol. The van der Waals surface area contributed by atoms with E-state index < -0.39 is 11.0 Å². The van der Waals surface area contributed by atoms with Crippen molar-refractivity contribution in [1.82, 2.24) is 0 Å². The summed E-state index contributed by atoms with van der Waals surface area (Å²) in [5, 5.41) is 10.2. The SMILES string of the molecule is CC(C)CCCC(C)C1CCC(C2=CC3OC34CC(O)CCC4(C)C2=O)C1(C)CC=O. The molecule has 4 aliphatic rings. The maximum atomic E-state index is 13.9. The quantitative estimate of drug-likeness (QED) is 0.421. The topological polar surface area (TPSA) is 66.9 Å². The Hall–Kier alpha value is -1.00. The molecule has 1 saturated heterocycles. The molecule has 2 saturated carbocycles.